The van der Waals surface area contributed by atoms with Crippen LogP contribution in [-0.2, 0) is 9.53 Å². The van der Waals surface area contributed by atoms with E-state index in [1.807, 2.05) is 0 Å². The normalized spacial score (nSPS) is 23.3. The van der Waals surface area contributed by atoms with Crippen LogP contribution in [0.5, 0.6) is 0 Å². The number of hydrogen-bond acceptors (Lipinski definition) is 7. The number of carbonyl (C=O) groups excluding carboxylic acids is 1. The largest absolute Gasteiger partial charge is 1.00 e. The Kier molecular flexibility index (Phi) is 18.4. The molecule has 0 radical (unpaired) electrons. The summed E-state index contributed by atoms with van der Waals surface area (Å²) in [4.78, 5) is 11.0. The molecule has 0 amide bonds. The molecule has 0 aromatic heterocycles. The van der Waals surface area contributed by atoms with E-state index in [1.165, 1.54) is 89.9 Å². The molecule has 6 saturated carbocycles. The van der Waals surface area contributed by atoms with Crippen LogP contribution in [0.25, 0.3) is 0 Å². The number of oxime groups is 1. The van der Waals surface area contributed by atoms with Gasteiger partial charge in [-0.3, -0.25) is 4.79 Å². The second-order valence-corrected chi connectivity index (χ2v) is 10.6. The van der Waals surface area contributed by atoms with E-state index in [0.29, 0.717) is 35.5 Å². The van der Waals surface area contributed by atoms with Gasteiger partial charge in [-0.15, -0.1) is 0 Å². The van der Waals surface area contributed by atoms with E-state index in [0.717, 1.165) is 30.8 Å². The van der Waals surface area contributed by atoms with Gasteiger partial charge in [0, 0.05) is 42.9 Å². The fraction of sp³-hybridized carbons (Fsp3) is 0.923. The van der Waals surface area contributed by atoms with Crippen LogP contribution in [0.4, 0.5) is 0 Å². The first-order valence-electron chi connectivity index (χ1n) is 13.0. The van der Waals surface area contributed by atoms with Crippen molar-refractivity contribution in [2.45, 2.75) is 103 Å². The van der Waals surface area contributed by atoms with Gasteiger partial charge in [0.1, 0.15) is 5.78 Å². The Labute approximate surface area is 237 Å². The average Bonchev–Trinajstić information content (AvgIpc) is 3.62. The fourth-order valence-electron chi connectivity index (χ4n) is 4.18. The number of rotatable bonds is 6. The summed E-state index contributed by atoms with van der Waals surface area (Å²) < 4.78 is 4.94. The molecule has 200 valence electrons. The molecule has 6 aliphatic carbocycles. The van der Waals surface area contributed by atoms with Gasteiger partial charge in [0.05, 0.1) is 5.71 Å². The third-order valence-electron chi connectivity index (χ3n) is 7.23. The molecule has 0 bridgehead atoms. The van der Waals surface area contributed by atoms with Gasteiger partial charge in [0.25, 0.3) is 0 Å². The van der Waals surface area contributed by atoms with Crippen LogP contribution in [-0.4, -0.2) is 58.5 Å². The monoisotopic (exact) mass is 505 g/mol. The van der Waals surface area contributed by atoms with E-state index >= 15 is 0 Å². The second-order valence-electron chi connectivity index (χ2n) is 10.6. The second kappa shape index (κ2) is 18.4. The van der Waals surface area contributed by atoms with Crippen LogP contribution in [0, 0.1) is 35.5 Å². The predicted octanol–water partition coefficient (Wildman–Crippen LogP) is 0.846. The Morgan fingerprint density at radius 3 is 1.31 bits per heavy atom. The minimum atomic E-state index is 0. The van der Waals surface area contributed by atoms with E-state index in [1.54, 1.807) is 0 Å². The van der Waals surface area contributed by atoms with Gasteiger partial charge < -0.3 is 22.3 Å². The first kappa shape index (κ1) is 35.1. The Morgan fingerprint density at radius 2 is 1.11 bits per heavy atom. The summed E-state index contributed by atoms with van der Waals surface area (Å²) in [5, 5.41) is 18.4. The summed E-state index contributed by atoms with van der Waals surface area (Å²) in [7, 11) is 0. The van der Waals surface area contributed by atoms with Crippen LogP contribution in [0.2, 0.25) is 0 Å². The molecule has 7 fully saturated rings. The average molecular weight is 506 g/mol. The first-order valence-corrected chi connectivity index (χ1v) is 13.0. The van der Waals surface area contributed by atoms with Crippen molar-refractivity contribution in [3.63, 3.8) is 0 Å². The van der Waals surface area contributed by atoms with Crippen molar-refractivity contribution in [2.75, 3.05) is 13.2 Å². The van der Waals surface area contributed by atoms with E-state index in [2.05, 4.69) is 11.1 Å². The maximum atomic E-state index is 11.0. The molecular weight excluding hydrogens is 452 g/mol. The van der Waals surface area contributed by atoms with Gasteiger partial charge >= 0.3 is 18.9 Å². The van der Waals surface area contributed by atoms with Crippen molar-refractivity contribution >= 4 is 28.9 Å². The molecule has 7 rings (SSSR count). The molecule has 7 aliphatic rings. The van der Waals surface area contributed by atoms with Crippen molar-refractivity contribution in [2.24, 2.45) is 52.3 Å². The summed E-state index contributed by atoms with van der Waals surface area (Å²) in [6.45, 7) is 2.00. The standard InChI is InChI=1S/C7H11NO.C7H13N.C7H10O.C4H8O.CH4.Al.Li.H3NO.4H/c9-8-7(5-1-2-5)6-3-4-6;2*8-7(5-1-2-5)6-3-4-6;1-2-4-5-3-1;;;;1-2;;;;/h5-6,9H,1-4H2;5-7H,1-4,8H2;5-6H,1-4H2;1-4H2;1H4;;;2H,1H2;;;;/q;;;;;;+1;;;;;-1. The number of nitrogens with zero attached hydrogens (tertiary/aromatic N) is 1. The molecular formula is C26H53AlLiN3O4. The number of carbonyl (C=O) groups is 1. The number of ether oxygens (including phenoxy) is 1. The third-order valence-corrected chi connectivity index (χ3v) is 7.23. The Hall–Kier alpha value is 0.110. The summed E-state index contributed by atoms with van der Waals surface area (Å²) in [5.74, 6) is 8.31. The number of hydrogen-bond donors (Lipinski definition) is 4. The van der Waals surface area contributed by atoms with Crippen molar-refractivity contribution in [1.82, 2.24) is 0 Å². The van der Waals surface area contributed by atoms with Crippen LogP contribution in [0.1, 0.15) is 98.7 Å². The van der Waals surface area contributed by atoms with E-state index in [9.17, 15) is 4.79 Å². The molecule has 9 heteroatoms. The van der Waals surface area contributed by atoms with Crippen molar-refractivity contribution in [3.05, 3.63) is 0 Å². The van der Waals surface area contributed by atoms with Crippen LogP contribution < -0.4 is 30.5 Å². The fourth-order valence-corrected chi connectivity index (χ4v) is 4.18. The molecule has 1 aliphatic heterocycles. The molecule has 6 N–H and O–H groups in total. The van der Waals surface area contributed by atoms with Gasteiger partial charge in [-0.2, -0.15) is 0 Å². The molecule has 1 saturated heterocycles. The molecule has 1 heterocycles. The minimum Gasteiger partial charge on any atom is -1.00 e. The number of Topliss-reactive ketones (excluding diaryl/α,β-unsaturated/α-hetero) is 1. The summed E-state index contributed by atoms with van der Waals surface area (Å²) >= 11 is 0. The SMILES string of the molecule is C.C1CCOC1.NC(C1CC1)C1CC1.NO.O=C(C1CC1)C1CC1.ON=C(C1CC1)C1CC1.[AlH3].[H-].[Li+]. The number of ketones is 1. The summed E-state index contributed by atoms with van der Waals surface area (Å²) in [6, 6.07) is 0.593. The van der Waals surface area contributed by atoms with Crippen LogP contribution in [0.3, 0.4) is 0 Å². The molecule has 0 atom stereocenters. The quantitative estimate of drug-likeness (QED) is 0.183. The maximum Gasteiger partial charge on any atom is 1.00 e. The zero-order valence-corrected chi connectivity index (χ0v) is 20.7. The molecule has 0 unspecified atom stereocenters. The maximum absolute atomic E-state index is 11.0. The topological polar surface area (TPSA) is 131 Å². The molecule has 0 spiro atoms. The third kappa shape index (κ3) is 14.6. The van der Waals surface area contributed by atoms with Crippen LogP contribution >= 0.6 is 0 Å². The van der Waals surface area contributed by atoms with Gasteiger partial charge in [-0.05, 0) is 102 Å². The van der Waals surface area contributed by atoms with Crippen molar-refractivity contribution in [3.8, 4) is 0 Å². The van der Waals surface area contributed by atoms with Crippen molar-refractivity contribution < 1.29 is 40.2 Å². The van der Waals surface area contributed by atoms with Gasteiger partial charge in [-0.25, -0.2) is 5.90 Å². The van der Waals surface area contributed by atoms with E-state index < -0.39 is 0 Å². The van der Waals surface area contributed by atoms with Gasteiger partial charge in [0.2, 0.25) is 0 Å². The summed E-state index contributed by atoms with van der Waals surface area (Å²) in [6.07, 6.45) is 18.0. The summed E-state index contributed by atoms with van der Waals surface area (Å²) in [5.41, 5.74) is 6.98. The smallest absolute Gasteiger partial charge is 1.00 e. The van der Waals surface area contributed by atoms with Gasteiger partial charge in [0.15, 0.2) is 17.4 Å². The first-order chi connectivity index (χ1) is 15.7. The zero-order valence-electron chi connectivity index (χ0n) is 21.7. The molecule has 35 heavy (non-hydrogen) atoms. The molecule has 0 aromatic carbocycles. The zero-order chi connectivity index (χ0) is 22.9. The van der Waals surface area contributed by atoms with Crippen LogP contribution in [0.15, 0.2) is 5.16 Å². The van der Waals surface area contributed by atoms with Gasteiger partial charge in [-0.1, -0.05) is 12.6 Å². The predicted molar refractivity (Wildman–Crippen MR) is 142 cm³/mol. The minimum absolute atomic E-state index is 0. The Balaban J connectivity index is 0. The molecule has 7 nitrogen and oxygen atoms in total. The Morgan fingerprint density at radius 1 is 0.771 bits per heavy atom. The van der Waals surface area contributed by atoms with E-state index in [-0.39, 0.29) is 45.1 Å². The number of nitrogens with two attached hydrogens (primary N) is 2. The van der Waals surface area contributed by atoms with E-state index in [4.69, 9.17) is 20.9 Å². The Bertz CT molecular complexity index is 558. The molecule has 0 aromatic rings. The van der Waals surface area contributed by atoms with Crippen molar-refractivity contribution in [1.29, 1.82) is 0 Å².